The molecule has 0 aliphatic heterocycles. The normalized spacial score (nSPS) is 11.4. The Labute approximate surface area is 172 Å². The molecule has 0 aliphatic carbocycles. The Morgan fingerprint density at radius 2 is 1.62 bits per heavy atom. The molecule has 29 heavy (non-hydrogen) atoms. The Morgan fingerprint density at radius 3 is 2.21 bits per heavy atom. The standard InChI is InChI=1S/C23H29N3O3/c1-5-26(6-2)23(29)19-12-10-18(11-13-19)15-24-21(27)17(4)25-22(28)20-9-7-8-16(3)14-20/h7-14,17H,5-6,15H2,1-4H3,(H,24,27)(H,25,28). The highest BCUT2D eigenvalue weighted by molar-refractivity contribution is 5.97. The van der Waals surface area contributed by atoms with Gasteiger partial charge in [-0.05, 0) is 57.5 Å². The minimum atomic E-state index is -0.661. The molecule has 0 bridgehead atoms. The molecule has 6 nitrogen and oxygen atoms in total. The lowest BCUT2D eigenvalue weighted by atomic mass is 10.1. The van der Waals surface area contributed by atoms with Crippen LogP contribution in [0.1, 0.15) is 52.6 Å². The fraction of sp³-hybridized carbons (Fsp3) is 0.348. The average molecular weight is 396 g/mol. The zero-order chi connectivity index (χ0) is 21.4. The van der Waals surface area contributed by atoms with Crippen molar-refractivity contribution < 1.29 is 14.4 Å². The van der Waals surface area contributed by atoms with Crippen molar-refractivity contribution in [1.29, 1.82) is 0 Å². The van der Waals surface area contributed by atoms with Crippen LogP contribution in [0.2, 0.25) is 0 Å². The summed E-state index contributed by atoms with van der Waals surface area (Å²) in [5.41, 5.74) is 3.02. The highest BCUT2D eigenvalue weighted by Gasteiger charge is 2.17. The Balaban J connectivity index is 1.88. The molecule has 0 aliphatic rings. The van der Waals surface area contributed by atoms with Gasteiger partial charge in [0.25, 0.3) is 11.8 Å². The van der Waals surface area contributed by atoms with E-state index in [1.165, 1.54) is 0 Å². The molecular formula is C23H29N3O3. The first-order valence-electron chi connectivity index (χ1n) is 9.89. The van der Waals surface area contributed by atoms with E-state index in [4.69, 9.17) is 0 Å². The number of carbonyl (C=O) groups excluding carboxylic acids is 3. The van der Waals surface area contributed by atoms with Crippen LogP contribution in [-0.4, -0.2) is 41.8 Å². The molecule has 2 rings (SSSR count). The number of aryl methyl sites for hydroxylation is 1. The Morgan fingerprint density at radius 1 is 0.966 bits per heavy atom. The van der Waals surface area contributed by atoms with Gasteiger partial charge in [0.15, 0.2) is 0 Å². The van der Waals surface area contributed by atoms with E-state index < -0.39 is 6.04 Å². The molecule has 3 amide bonds. The lowest BCUT2D eigenvalue weighted by Gasteiger charge is -2.18. The lowest BCUT2D eigenvalue weighted by molar-refractivity contribution is -0.122. The van der Waals surface area contributed by atoms with Crippen LogP contribution >= 0.6 is 0 Å². The van der Waals surface area contributed by atoms with Crippen molar-refractivity contribution in [3.63, 3.8) is 0 Å². The first kappa shape index (κ1) is 22.1. The van der Waals surface area contributed by atoms with Crippen molar-refractivity contribution >= 4 is 17.7 Å². The van der Waals surface area contributed by atoms with Crippen molar-refractivity contribution in [2.75, 3.05) is 13.1 Å². The van der Waals surface area contributed by atoms with Crippen molar-refractivity contribution in [2.24, 2.45) is 0 Å². The molecule has 154 valence electrons. The maximum absolute atomic E-state index is 12.3. The van der Waals surface area contributed by atoms with Crippen molar-refractivity contribution in [2.45, 2.75) is 40.3 Å². The van der Waals surface area contributed by atoms with E-state index in [0.717, 1.165) is 11.1 Å². The molecule has 2 N–H and O–H groups in total. The summed E-state index contributed by atoms with van der Waals surface area (Å²) in [7, 11) is 0. The van der Waals surface area contributed by atoms with Crippen molar-refractivity contribution in [1.82, 2.24) is 15.5 Å². The summed E-state index contributed by atoms with van der Waals surface area (Å²) in [6.07, 6.45) is 0. The molecule has 0 saturated heterocycles. The summed E-state index contributed by atoms with van der Waals surface area (Å²) in [6, 6.07) is 13.7. The topological polar surface area (TPSA) is 78.5 Å². The Bertz CT molecular complexity index is 858. The third-order valence-corrected chi connectivity index (χ3v) is 4.74. The van der Waals surface area contributed by atoms with Gasteiger partial charge in [0.1, 0.15) is 6.04 Å². The molecular weight excluding hydrogens is 366 g/mol. The minimum absolute atomic E-state index is 0.00179. The Hall–Kier alpha value is -3.15. The van der Waals surface area contributed by atoms with Gasteiger partial charge >= 0.3 is 0 Å². The van der Waals surface area contributed by atoms with Crippen LogP contribution in [0.3, 0.4) is 0 Å². The number of nitrogens with zero attached hydrogens (tertiary/aromatic N) is 1. The van der Waals surface area contributed by atoms with Crippen LogP contribution in [0.5, 0.6) is 0 Å². The molecule has 2 aromatic rings. The van der Waals surface area contributed by atoms with E-state index in [1.807, 2.05) is 45.0 Å². The van der Waals surface area contributed by atoms with Crippen LogP contribution in [0, 0.1) is 6.92 Å². The van der Waals surface area contributed by atoms with E-state index in [2.05, 4.69) is 10.6 Å². The number of hydrogen-bond acceptors (Lipinski definition) is 3. The molecule has 1 unspecified atom stereocenters. The number of hydrogen-bond donors (Lipinski definition) is 2. The van der Waals surface area contributed by atoms with Gasteiger partial charge in [-0.1, -0.05) is 29.8 Å². The van der Waals surface area contributed by atoms with Gasteiger partial charge in [-0.15, -0.1) is 0 Å². The first-order valence-corrected chi connectivity index (χ1v) is 9.89. The fourth-order valence-electron chi connectivity index (χ4n) is 2.93. The summed E-state index contributed by atoms with van der Waals surface area (Å²) in [4.78, 5) is 38.7. The predicted molar refractivity (Wildman–Crippen MR) is 114 cm³/mol. The zero-order valence-electron chi connectivity index (χ0n) is 17.5. The highest BCUT2D eigenvalue weighted by atomic mass is 16.2. The van der Waals surface area contributed by atoms with Crippen LogP contribution in [0.15, 0.2) is 48.5 Å². The van der Waals surface area contributed by atoms with E-state index >= 15 is 0 Å². The van der Waals surface area contributed by atoms with Crippen LogP contribution in [0.25, 0.3) is 0 Å². The van der Waals surface area contributed by atoms with Gasteiger partial charge in [-0.25, -0.2) is 0 Å². The monoisotopic (exact) mass is 395 g/mol. The number of nitrogens with one attached hydrogen (secondary N) is 2. The van der Waals surface area contributed by atoms with Crippen molar-refractivity contribution in [3.05, 3.63) is 70.8 Å². The highest BCUT2D eigenvalue weighted by Crippen LogP contribution is 2.08. The second-order valence-corrected chi connectivity index (χ2v) is 6.96. The molecule has 1 atom stereocenters. The number of rotatable bonds is 8. The van der Waals surface area contributed by atoms with Crippen LogP contribution in [-0.2, 0) is 11.3 Å². The molecule has 0 spiro atoms. The first-order chi connectivity index (χ1) is 13.8. The van der Waals surface area contributed by atoms with Gasteiger partial charge in [-0.3, -0.25) is 14.4 Å². The molecule has 2 aromatic carbocycles. The smallest absolute Gasteiger partial charge is 0.253 e. The van der Waals surface area contributed by atoms with Gasteiger partial charge in [0.05, 0.1) is 0 Å². The van der Waals surface area contributed by atoms with Gasteiger partial charge in [0, 0.05) is 30.8 Å². The largest absolute Gasteiger partial charge is 0.350 e. The molecule has 6 heteroatoms. The average Bonchev–Trinajstić information content (AvgIpc) is 2.73. The van der Waals surface area contributed by atoms with Gasteiger partial charge < -0.3 is 15.5 Å². The van der Waals surface area contributed by atoms with Crippen molar-refractivity contribution in [3.8, 4) is 0 Å². The molecule has 0 saturated carbocycles. The molecule has 0 fully saturated rings. The molecule has 0 heterocycles. The minimum Gasteiger partial charge on any atom is -0.350 e. The lowest BCUT2D eigenvalue weighted by Crippen LogP contribution is -2.44. The maximum Gasteiger partial charge on any atom is 0.253 e. The van der Waals surface area contributed by atoms with E-state index in [-0.39, 0.29) is 17.7 Å². The van der Waals surface area contributed by atoms with E-state index in [9.17, 15) is 14.4 Å². The molecule has 0 aromatic heterocycles. The van der Waals surface area contributed by atoms with E-state index in [1.54, 1.807) is 36.1 Å². The third-order valence-electron chi connectivity index (χ3n) is 4.74. The summed E-state index contributed by atoms with van der Waals surface area (Å²) in [5.74, 6) is -0.553. The fourth-order valence-corrected chi connectivity index (χ4v) is 2.93. The van der Waals surface area contributed by atoms with E-state index in [0.29, 0.717) is 30.8 Å². The number of carbonyl (C=O) groups is 3. The summed E-state index contributed by atoms with van der Waals surface area (Å²) in [5, 5.41) is 5.52. The third kappa shape index (κ3) is 6.17. The van der Waals surface area contributed by atoms with Gasteiger partial charge in [0.2, 0.25) is 5.91 Å². The summed E-state index contributed by atoms with van der Waals surface area (Å²) in [6.45, 7) is 9.11. The summed E-state index contributed by atoms with van der Waals surface area (Å²) < 4.78 is 0. The maximum atomic E-state index is 12.3. The molecule has 0 radical (unpaired) electrons. The number of amides is 3. The second-order valence-electron chi connectivity index (χ2n) is 6.96. The van der Waals surface area contributed by atoms with Crippen LogP contribution in [0.4, 0.5) is 0 Å². The zero-order valence-corrected chi connectivity index (χ0v) is 17.5. The number of benzene rings is 2. The Kier molecular flexibility index (Phi) is 7.95. The van der Waals surface area contributed by atoms with Crippen LogP contribution < -0.4 is 10.6 Å². The summed E-state index contributed by atoms with van der Waals surface area (Å²) >= 11 is 0. The second kappa shape index (κ2) is 10.4. The SMILES string of the molecule is CCN(CC)C(=O)c1ccc(CNC(=O)C(C)NC(=O)c2cccc(C)c2)cc1. The quantitative estimate of drug-likeness (QED) is 0.721. The predicted octanol–water partition coefficient (Wildman–Crippen LogP) is 2.91. The van der Waals surface area contributed by atoms with Gasteiger partial charge in [-0.2, -0.15) is 0 Å².